The lowest BCUT2D eigenvalue weighted by Crippen LogP contribution is -2.12. The SMILES string of the molecule is C=CC(=O)OCCCCCCOC(=O)Oc1ccc(C(=O)Oc2ccc(OCOc3ccc(OC(=O)OCCCCCCOCC4CO4)cc3)cc2)cc1. The highest BCUT2D eigenvalue weighted by atomic mass is 16.7. The lowest BCUT2D eigenvalue weighted by Gasteiger charge is -2.10. The van der Waals surface area contributed by atoms with Gasteiger partial charge < -0.3 is 47.4 Å². The number of carbonyl (C=O) groups is 4. The van der Waals surface area contributed by atoms with Gasteiger partial charge in [-0.25, -0.2) is 19.2 Å². The molecule has 0 aromatic heterocycles. The Hall–Kier alpha value is -5.60. The average Bonchev–Trinajstić information content (AvgIpc) is 4.01. The Labute approximate surface area is 314 Å². The zero-order valence-corrected chi connectivity index (χ0v) is 30.1. The highest BCUT2D eigenvalue weighted by Crippen LogP contribution is 2.22. The Kier molecular flexibility index (Phi) is 18.2. The summed E-state index contributed by atoms with van der Waals surface area (Å²) in [6, 6.07) is 18.7. The Morgan fingerprint density at radius 1 is 0.574 bits per heavy atom. The molecule has 1 saturated heterocycles. The number of ether oxygens (including phenoxy) is 10. The van der Waals surface area contributed by atoms with Gasteiger partial charge in [-0.1, -0.05) is 13.0 Å². The maximum absolute atomic E-state index is 12.6. The van der Waals surface area contributed by atoms with Crippen LogP contribution in [0, 0.1) is 0 Å². The van der Waals surface area contributed by atoms with Gasteiger partial charge in [-0.15, -0.1) is 0 Å². The Morgan fingerprint density at radius 3 is 1.48 bits per heavy atom. The summed E-state index contributed by atoms with van der Waals surface area (Å²) in [6.45, 7) is 6.21. The van der Waals surface area contributed by atoms with Crippen molar-refractivity contribution in [3.63, 3.8) is 0 Å². The number of carbonyl (C=O) groups excluding carboxylic acids is 4. The highest BCUT2D eigenvalue weighted by Gasteiger charge is 2.22. The number of hydrogen-bond acceptors (Lipinski definition) is 14. The molecule has 14 nitrogen and oxygen atoms in total. The molecule has 0 radical (unpaired) electrons. The second-order valence-electron chi connectivity index (χ2n) is 11.9. The van der Waals surface area contributed by atoms with Crippen LogP contribution in [0.5, 0.6) is 28.7 Å². The maximum Gasteiger partial charge on any atom is 0.513 e. The lowest BCUT2D eigenvalue weighted by molar-refractivity contribution is -0.137. The summed E-state index contributed by atoms with van der Waals surface area (Å²) in [5.41, 5.74) is 0.250. The normalized spacial score (nSPS) is 12.9. The van der Waals surface area contributed by atoms with Crippen molar-refractivity contribution in [3.05, 3.63) is 91.0 Å². The van der Waals surface area contributed by atoms with E-state index >= 15 is 0 Å². The monoisotopic (exact) mass is 750 g/mol. The summed E-state index contributed by atoms with van der Waals surface area (Å²) >= 11 is 0. The van der Waals surface area contributed by atoms with E-state index in [1.165, 1.54) is 24.3 Å². The molecule has 1 aliphatic rings. The Bertz CT molecular complexity index is 1580. The maximum atomic E-state index is 12.6. The van der Waals surface area contributed by atoms with E-state index in [2.05, 4.69) is 6.58 Å². The molecule has 0 amide bonds. The molecule has 1 unspecified atom stereocenters. The van der Waals surface area contributed by atoms with E-state index in [-0.39, 0.29) is 37.4 Å². The van der Waals surface area contributed by atoms with E-state index in [0.717, 1.165) is 51.2 Å². The molecule has 1 fully saturated rings. The minimum absolute atomic E-state index is 0.0962. The summed E-state index contributed by atoms with van der Waals surface area (Å²) in [5, 5.41) is 0. The third-order valence-corrected chi connectivity index (χ3v) is 7.58. The average molecular weight is 751 g/mol. The molecule has 0 bridgehead atoms. The van der Waals surface area contributed by atoms with Gasteiger partial charge in [0.15, 0.2) is 0 Å². The first-order valence-electron chi connectivity index (χ1n) is 17.8. The van der Waals surface area contributed by atoms with Crippen molar-refractivity contribution in [3.8, 4) is 28.7 Å². The largest absolute Gasteiger partial charge is 0.513 e. The number of rotatable bonds is 25. The van der Waals surface area contributed by atoms with Crippen molar-refractivity contribution >= 4 is 24.2 Å². The molecular weight excluding hydrogens is 704 g/mol. The molecule has 14 heteroatoms. The summed E-state index contributed by atoms with van der Waals surface area (Å²) < 4.78 is 52.7. The van der Waals surface area contributed by atoms with Crippen LogP contribution in [0.1, 0.15) is 61.7 Å². The van der Waals surface area contributed by atoms with Gasteiger partial charge in [-0.2, -0.15) is 0 Å². The predicted molar refractivity (Wildman–Crippen MR) is 193 cm³/mol. The van der Waals surface area contributed by atoms with Crippen LogP contribution in [0.2, 0.25) is 0 Å². The summed E-state index contributed by atoms with van der Waals surface area (Å²) in [7, 11) is 0. The summed E-state index contributed by atoms with van der Waals surface area (Å²) in [4.78, 5) is 47.5. The van der Waals surface area contributed by atoms with Crippen LogP contribution >= 0.6 is 0 Å². The van der Waals surface area contributed by atoms with Gasteiger partial charge >= 0.3 is 24.2 Å². The Morgan fingerprint density at radius 2 is 1.00 bits per heavy atom. The van der Waals surface area contributed by atoms with Crippen molar-refractivity contribution in [1.29, 1.82) is 0 Å². The lowest BCUT2D eigenvalue weighted by atomic mass is 10.2. The van der Waals surface area contributed by atoms with Gasteiger partial charge in [-0.05, 0) is 118 Å². The van der Waals surface area contributed by atoms with Crippen LogP contribution in [-0.2, 0) is 28.5 Å². The third-order valence-electron chi connectivity index (χ3n) is 7.58. The van der Waals surface area contributed by atoms with E-state index in [9.17, 15) is 19.2 Å². The standard InChI is InChI=1S/C40H46O14/c1-2-37(41)46-24-8-5-6-10-26-47-39(43)53-34-13-11-30(12-14-34)38(42)52-33-19-15-31(16-20-33)50-29-51-32-17-21-35(22-18-32)54-40(44)48-25-9-4-3-7-23-45-27-36-28-49-36/h2,11-22,36H,1,3-10,23-29H2. The quantitative estimate of drug-likeness (QED) is 0.0121. The fourth-order valence-corrected chi connectivity index (χ4v) is 4.59. The highest BCUT2D eigenvalue weighted by molar-refractivity contribution is 5.91. The number of epoxide rings is 1. The third kappa shape index (κ3) is 17.3. The second kappa shape index (κ2) is 23.9. The molecule has 0 spiro atoms. The van der Waals surface area contributed by atoms with E-state index in [4.69, 9.17) is 47.4 Å². The van der Waals surface area contributed by atoms with Crippen LogP contribution in [0.3, 0.4) is 0 Å². The first-order chi connectivity index (χ1) is 26.4. The molecule has 0 N–H and O–H groups in total. The predicted octanol–water partition coefficient (Wildman–Crippen LogP) is 7.62. The van der Waals surface area contributed by atoms with Gasteiger partial charge in [0.05, 0.1) is 38.6 Å². The van der Waals surface area contributed by atoms with Crippen LogP contribution in [0.4, 0.5) is 9.59 Å². The topological polar surface area (TPSA) is 164 Å². The number of hydrogen-bond donors (Lipinski definition) is 0. The fourth-order valence-electron chi connectivity index (χ4n) is 4.59. The number of unbranched alkanes of at least 4 members (excludes halogenated alkanes) is 6. The molecule has 0 aliphatic carbocycles. The molecule has 0 saturated carbocycles. The van der Waals surface area contributed by atoms with E-state index in [1.807, 2.05) is 0 Å². The van der Waals surface area contributed by atoms with Gasteiger partial charge in [0, 0.05) is 12.7 Å². The van der Waals surface area contributed by atoms with Crippen molar-refractivity contribution in [2.45, 2.75) is 57.5 Å². The smallest absolute Gasteiger partial charge is 0.463 e. The minimum Gasteiger partial charge on any atom is -0.463 e. The molecule has 4 rings (SSSR count). The molecule has 1 atom stereocenters. The van der Waals surface area contributed by atoms with Gasteiger partial charge in [0.25, 0.3) is 0 Å². The number of benzene rings is 3. The molecule has 290 valence electrons. The number of esters is 2. The second-order valence-corrected chi connectivity index (χ2v) is 11.9. The molecule has 1 heterocycles. The van der Waals surface area contributed by atoms with Crippen LogP contribution < -0.4 is 23.7 Å². The molecule has 3 aromatic carbocycles. The molecular formula is C40H46O14. The zero-order chi connectivity index (χ0) is 38.2. The van der Waals surface area contributed by atoms with Crippen LogP contribution in [0.25, 0.3) is 0 Å². The molecule has 54 heavy (non-hydrogen) atoms. The minimum atomic E-state index is -0.852. The Balaban J connectivity index is 1.03. The van der Waals surface area contributed by atoms with Gasteiger partial charge in [0.1, 0.15) is 34.9 Å². The van der Waals surface area contributed by atoms with Crippen molar-refractivity contribution in [1.82, 2.24) is 0 Å². The van der Waals surface area contributed by atoms with Crippen molar-refractivity contribution in [2.24, 2.45) is 0 Å². The van der Waals surface area contributed by atoms with Gasteiger partial charge in [0.2, 0.25) is 6.79 Å². The van der Waals surface area contributed by atoms with E-state index in [0.29, 0.717) is 55.7 Å². The zero-order valence-electron chi connectivity index (χ0n) is 30.1. The van der Waals surface area contributed by atoms with Crippen LogP contribution in [-0.4, -0.2) is 76.8 Å². The molecule has 1 aliphatic heterocycles. The summed E-state index contributed by atoms with van der Waals surface area (Å²) in [6.07, 6.45) is 6.39. The van der Waals surface area contributed by atoms with Crippen molar-refractivity contribution in [2.75, 3.05) is 46.4 Å². The van der Waals surface area contributed by atoms with E-state index < -0.39 is 24.2 Å². The van der Waals surface area contributed by atoms with Crippen LogP contribution in [0.15, 0.2) is 85.5 Å². The summed E-state index contributed by atoms with van der Waals surface area (Å²) in [5.74, 6) is 0.757. The fraction of sp³-hybridized carbons (Fsp3) is 0.400. The van der Waals surface area contributed by atoms with Gasteiger partial charge in [-0.3, -0.25) is 0 Å². The first-order valence-corrected chi connectivity index (χ1v) is 17.8. The first kappa shape index (κ1) is 41.2. The van der Waals surface area contributed by atoms with Crippen molar-refractivity contribution < 1.29 is 66.5 Å². The van der Waals surface area contributed by atoms with E-state index in [1.54, 1.807) is 48.5 Å². The molecule has 3 aromatic rings.